The Morgan fingerprint density at radius 1 is 0.857 bits per heavy atom. The zero-order valence-corrected chi connectivity index (χ0v) is 16.3. The summed E-state index contributed by atoms with van der Waals surface area (Å²) in [5, 5.41) is 0. The summed E-state index contributed by atoms with van der Waals surface area (Å²) in [7, 11) is 0. The largest absolute Gasteiger partial charge is 0.492 e. The van der Waals surface area contributed by atoms with Crippen molar-refractivity contribution in [1.82, 2.24) is 9.55 Å². The van der Waals surface area contributed by atoms with E-state index in [0.717, 1.165) is 33.9 Å². The van der Waals surface area contributed by atoms with Gasteiger partial charge in [-0.3, -0.25) is 0 Å². The minimum atomic E-state index is 0.421. The first-order valence-corrected chi connectivity index (χ1v) is 9.53. The maximum atomic E-state index is 6.05. The summed E-state index contributed by atoms with van der Waals surface area (Å²) in [4.78, 5) is 4.78. The number of rotatable bonds is 7. The minimum Gasteiger partial charge on any atom is -0.492 e. The molecule has 0 atom stereocenters. The summed E-state index contributed by atoms with van der Waals surface area (Å²) in [6.07, 6.45) is 0. The first-order valence-electron chi connectivity index (χ1n) is 9.53. The lowest BCUT2D eigenvalue weighted by molar-refractivity contribution is 0.271. The van der Waals surface area contributed by atoms with Crippen LogP contribution in [0.4, 0.5) is 0 Å². The van der Waals surface area contributed by atoms with Crippen molar-refractivity contribution < 1.29 is 9.47 Å². The molecule has 0 aliphatic carbocycles. The molecule has 0 amide bonds. The summed E-state index contributed by atoms with van der Waals surface area (Å²) < 4.78 is 14.2. The highest BCUT2D eigenvalue weighted by atomic mass is 16.5. The Morgan fingerprint density at radius 2 is 1.68 bits per heavy atom. The van der Waals surface area contributed by atoms with Gasteiger partial charge in [-0.05, 0) is 55.3 Å². The van der Waals surface area contributed by atoms with Crippen molar-refractivity contribution in [2.75, 3.05) is 6.61 Å². The van der Waals surface area contributed by atoms with Gasteiger partial charge in [-0.25, -0.2) is 4.98 Å². The lowest BCUT2D eigenvalue weighted by Gasteiger charge is -2.13. The second-order valence-corrected chi connectivity index (χ2v) is 6.89. The molecule has 0 unspecified atom stereocenters. The molecule has 0 aliphatic rings. The van der Waals surface area contributed by atoms with E-state index < -0.39 is 0 Å². The van der Waals surface area contributed by atoms with E-state index in [1.807, 2.05) is 67.6 Å². The number of hydrogen-bond acceptors (Lipinski definition) is 3. The van der Waals surface area contributed by atoms with Gasteiger partial charge in [0, 0.05) is 0 Å². The van der Waals surface area contributed by atoms with Crippen LogP contribution in [0.5, 0.6) is 11.5 Å². The average Bonchev–Trinajstić information content (AvgIpc) is 3.05. The van der Waals surface area contributed by atoms with Crippen LogP contribution in [0.25, 0.3) is 11.0 Å². The highest BCUT2D eigenvalue weighted by Crippen LogP contribution is 2.21. The van der Waals surface area contributed by atoms with Crippen LogP contribution >= 0.6 is 0 Å². The fraction of sp³-hybridized carbons (Fsp3) is 0.208. The number of aryl methyl sites for hydroxylation is 2. The molecule has 1 heterocycles. The van der Waals surface area contributed by atoms with E-state index in [1.165, 1.54) is 5.56 Å². The third-order valence-electron chi connectivity index (χ3n) is 4.76. The van der Waals surface area contributed by atoms with Gasteiger partial charge in [0.1, 0.15) is 30.5 Å². The zero-order chi connectivity index (χ0) is 19.3. The number of nitrogens with zero attached hydrogens (tertiary/aromatic N) is 2. The lowest BCUT2D eigenvalue weighted by Crippen LogP contribution is -2.13. The summed E-state index contributed by atoms with van der Waals surface area (Å²) in [5.41, 5.74) is 4.38. The molecule has 1 aromatic heterocycles. The number of imidazole rings is 1. The van der Waals surface area contributed by atoms with Gasteiger partial charge in [0.05, 0.1) is 17.6 Å². The highest BCUT2D eigenvalue weighted by Gasteiger charge is 2.12. The number of para-hydroxylation sites is 3. The van der Waals surface area contributed by atoms with Crippen molar-refractivity contribution in [2.45, 2.75) is 27.0 Å². The van der Waals surface area contributed by atoms with Crippen LogP contribution in [0.2, 0.25) is 0 Å². The van der Waals surface area contributed by atoms with Gasteiger partial charge in [0.15, 0.2) is 0 Å². The van der Waals surface area contributed by atoms with E-state index in [9.17, 15) is 0 Å². The number of ether oxygens (including phenoxy) is 2. The number of benzene rings is 3. The van der Waals surface area contributed by atoms with Crippen LogP contribution in [-0.4, -0.2) is 16.2 Å². The molecule has 4 rings (SSSR count). The predicted molar refractivity (Wildman–Crippen MR) is 112 cm³/mol. The monoisotopic (exact) mass is 372 g/mol. The smallest absolute Gasteiger partial charge is 0.148 e. The van der Waals surface area contributed by atoms with Crippen LogP contribution in [0, 0.1) is 13.8 Å². The molecule has 0 N–H and O–H groups in total. The Morgan fingerprint density at radius 3 is 2.54 bits per heavy atom. The molecule has 0 saturated carbocycles. The lowest BCUT2D eigenvalue weighted by atomic mass is 10.2. The van der Waals surface area contributed by atoms with Crippen LogP contribution in [0.1, 0.15) is 17.0 Å². The van der Waals surface area contributed by atoms with Gasteiger partial charge < -0.3 is 14.0 Å². The van der Waals surface area contributed by atoms with Crippen LogP contribution < -0.4 is 9.47 Å². The van der Waals surface area contributed by atoms with Crippen molar-refractivity contribution in [2.24, 2.45) is 0 Å². The van der Waals surface area contributed by atoms with Crippen molar-refractivity contribution in [3.05, 3.63) is 89.7 Å². The fourth-order valence-corrected chi connectivity index (χ4v) is 3.31. The Bertz CT molecular complexity index is 1080. The molecule has 4 heteroatoms. The molecule has 0 fully saturated rings. The second-order valence-electron chi connectivity index (χ2n) is 6.89. The average molecular weight is 372 g/mol. The van der Waals surface area contributed by atoms with Gasteiger partial charge >= 0.3 is 0 Å². The van der Waals surface area contributed by atoms with Gasteiger partial charge in [-0.15, -0.1) is 0 Å². The zero-order valence-electron chi connectivity index (χ0n) is 16.3. The highest BCUT2D eigenvalue weighted by molar-refractivity contribution is 5.75. The fourth-order valence-electron chi connectivity index (χ4n) is 3.31. The predicted octanol–water partition coefficient (Wildman–Crippen LogP) is 5.31. The minimum absolute atomic E-state index is 0.421. The van der Waals surface area contributed by atoms with Gasteiger partial charge in [-0.1, -0.05) is 42.5 Å². The molecule has 4 nitrogen and oxygen atoms in total. The van der Waals surface area contributed by atoms with E-state index >= 15 is 0 Å². The molecule has 0 radical (unpaired) electrons. The SMILES string of the molecule is Cc1cccc(OCCn2c(COc3ccccc3C)nc3ccccc32)c1. The Kier molecular flexibility index (Phi) is 5.29. The van der Waals surface area contributed by atoms with Crippen LogP contribution in [-0.2, 0) is 13.2 Å². The summed E-state index contributed by atoms with van der Waals surface area (Å²) in [6.45, 7) is 5.82. The Labute approximate surface area is 165 Å². The first kappa shape index (κ1) is 18.1. The molecular formula is C24H24N2O2. The maximum Gasteiger partial charge on any atom is 0.148 e. The van der Waals surface area contributed by atoms with Crippen molar-refractivity contribution in [3.8, 4) is 11.5 Å². The second kappa shape index (κ2) is 8.17. The van der Waals surface area contributed by atoms with Gasteiger partial charge in [0.2, 0.25) is 0 Å². The van der Waals surface area contributed by atoms with E-state index in [2.05, 4.69) is 23.6 Å². The summed E-state index contributed by atoms with van der Waals surface area (Å²) >= 11 is 0. The topological polar surface area (TPSA) is 36.3 Å². The molecule has 0 bridgehead atoms. The molecule has 0 saturated heterocycles. The standard InChI is InChI=1S/C24H24N2O2/c1-18-8-7-10-20(16-18)27-15-14-26-22-12-5-4-11-21(22)25-24(26)17-28-23-13-6-3-9-19(23)2/h3-13,16H,14-15,17H2,1-2H3. The molecule has 142 valence electrons. The molecular weight excluding hydrogens is 348 g/mol. The van der Waals surface area contributed by atoms with Gasteiger partial charge in [0.25, 0.3) is 0 Å². The number of hydrogen-bond donors (Lipinski definition) is 0. The van der Waals surface area contributed by atoms with Crippen molar-refractivity contribution >= 4 is 11.0 Å². The van der Waals surface area contributed by atoms with Crippen molar-refractivity contribution in [3.63, 3.8) is 0 Å². The number of aromatic nitrogens is 2. The van der Waals surface area contributed by atoms with Crippen LogP contribution in [0.15, 0.2) is 72.8 Å². The van der Waals surface area contributed by atoms with E-state index in [4.69, 9.17) is 14.5 Å². The summed E-state index contributed by atoms with van der Waals surface area (Å²) in [5.74, 6) is 2.68. The van der Waals surface area contributed by atoms with E-state index in [0.29, 0.717) is 19.8 Å². The Balaban J connectivity index is 1.52. The van der Waals surface area contributed by atoms with Crippen LogP contribution in [0.3, 0.4) is 0 Å². The number of fused-ring (bicyclic) bond motifs is 1. The molecule has 0 spiro atoms. The third kappa shape index (κ3) is 4.01. The summed E-state index contributed by atoms with van der Waals surface area (Å²) in [6, 6.07) is 24.3. The quantitative estimate of drug-likeness (QED) is 0.441. The van der Waals surface area contributed by atoms with Gasteiger partial charge in [-0.2, -0.15) is 0 Å². The van der Waals surface area contributed by atoms with E-state index in [-0.39, 0.29) is 0 Å². The van der Waals surface area contributed by atoms with Crippen molar-refractivity contribution in [1.29, 1.82) is 0 Å². The normalized spacial score (nSPS) is 10.9. The molecule has 3 aromatic carbocycles. The maximum absolute atomic E-state index is 6.05. The third-order valence-corrected chi connectivity index (χ3v) is 4.76. The van der Waals surface area contributed by atoms with E-state index in [1.54, 1.807) is 0 Å². The Hall–Kier alpha value is -3.27. The first-order chi connectivity index (χ1) is 13.7. The molecule has 0 aliphatic heterocycles. The molecule has 4 aromatic rings. The molecule has 28 heavy (non-hydrogen) atoms.